The van der Waals surface area contributed by atoms with Gasteiger partial charge < -0.3 is 19.7 Å². The Morgan fingerprint density at radius 2 is 2.13 bits per heavy atom. The summed E-state index contributed by atoms with van der Waals surface area (Å²) in [6.07, 6.45) is -0.191. The number of para-hydroxylation sites is 1. The third-order valence-corrected chi connectivity index (χ3v) is 3.87. The average molecular weight is 316 g/mol. The highest BCUT2D eigenvalue weighted by molar-refractivity contribution is 5.95. The summed E-state index contributed by atoms with van der Waals surface area (Å²) in [5, 5.41) is 9.48. The first-order chi connectivity index (χ1) is 11.1. The average Bonchev–Trinajstić information content (AvgIpc) is 2.54. The van der Waals surface area contributed by atoms with Gasteiger partial charge >= 0.3 is 5.97 Å². The number of nitrogens with one attached hydrogen (secondary N) is 1. The van der Waals surface area contributed by atoms with E-state index < -0.39 is 12.0 Å². The maximum atomic E-state index is 12.7. The van der Waals surface area contributed by atoms with Gasteiger partial charge in [-0.05, 0) is 12.1 Å². The third kappa shape index (κ3) is 3.09. The fourth-order valence-electron chi connectivity index (χ4n) is 2.76. The molecule has 1 fully saturated rings. The Bertz CT molecular complexity index is 813. The molecule has 0 spiro atoms. The van der Waals surface area contributed by atoms with Crippen molar-refractivity contribution in [3.63, 3.8) is 0 Å². The molecule has 1 aliphatic heterocycles. The number of carboxylic acids is 1. The third-order valence-electron chi connectivity index (χ3n) is 3.87. The molecule has 1 atom stereocenters. The molecule has 1 unspecified atom stereocenters. The first-order valence-corrected chi connectivity index (χ1v) is 7.29. The molecule has 1 amide bonds. The number of carbonyl (C=O) groups excluding carboxylic acids is 1. The van der Waals surface area contributed by atoms with Crippen molar-refractivity contribution >= 4 is 22.8 Å². The lowest BCUT2D eigenvalue weighted by Crippen LogP contribution is -2.49. The number of hydrogen-bond acceptors (Lipinski definition) is 4. The molecule has 1 saturated heterocycles. The molecule has 0 bridgehead atoms. The van der Waals surface area contributed by atoms with E-state index in [-0.39, 0.29) is 30.1 Å². The minimum Gasteiger partial charge on any atom is -0.481 e. The standard InChI is InChI=1S/C16H16N2O5/c19-14-8-13(17-12-4-2-1-3-11(12)14)16(22)18-5-6-23-9-10(18)7-15(20)21/h1-4,8,10H,5-7,9H2,(H,17,19)(H,20,21). The van der Waals surface area contributed by atoms with E-state index >= 15 is 0 Å². The van der Waals surface area contributed by atoms with Gasteiger partial charge in [0.05, 0.1) is 25.7 Å². The second kappa shape index (κ2) is 6.21. The maximum Gasteiger partial charge on any atom is 0.305 e. The summed E-state index contributed by atoms with van der Waals surface area (Å²) >= 11 is 0. The summed E-state index contributed by atoms with van der Waals surface area (Å²) < 4.78 is 5.26. The molecule has 7 nitrogen and oxygen atoms in total. The highest BCUT2D eigenvalue weighted by atomic mass is 16.5. The monoisotopic (exact) mass is 316 g/mol. The fraction of sp³-hybridized carbons (Fsp3) is 0.312. The van der Waals surface area contributed by atoms with Crippen molar-refractivity contribution in [2.24, 2.45) is 0 Å². The van der Waals surface area contributed by atoms with Gasteiger partial charge in [0.15, 0.2) is 5.43 Å². The SMILES string of the molecule is O=C(O)CC1COCCN1C(=O)c1cc(=O)c2ccccc2[nH]1. The molecule has 2 heterocycles. The number of ether oxygens (including phenoxy) is 1. The number of aromatic nitrogens is 1. The Kier molecular flexibility index (Phi) is 4.12. The van der Waals surface area contributed by atoms with Crippen LogP contribution >= 0.6 is 0 Å². The lowest BCUT2D eigenvalue weighted by Gasteiger charge is -2.34. The molecule has 0 aliphatic carbocycles. The second-order valence-corrected chi connectivity index (χ2v) is 5.42. The minimum absolute atomic E-state index is 0.158. The molecule has 1 aliphatic rings. The Hall–Kier alpha value is -2.67. The highest BCUT2D eigenvalue weighted by Crippen LogP contribution is 2.15. The van der Waals surface area contributed by atoms with Gasteiger partial charge in [-0.2, -0.15) is 0 Å². The van der Waals surface area contributed by atoms with E-state index in [4.69, 9.17) is 9.84 Å². The number of carbonyl (C=O) groups is 2. The van der Waals surface area contributed by atoms with Gasteiger partial charge in [0.25, 0.3) is 5.91 Å². The number of fused-ring (bicyclic) bond motifs is 1. The van der Waals surface area contributed by atoms with Crippen LogP contribution in [0.3, 0.4) is 0 Å². The molecule has 23 heavy (non-hydrogen) atoms. The van der Waals surface area contributed by atoms with Crippen molar-refractivity contribution < 1.29 is 19.4 Å². The van der Waals surface area contributed by atoms with E-state index in [1.807, 2.05) is 0 Å². The minimum atomic E-state index is -0.995. The van der Waals surface area contributed by atoms with Crippen molar-refractivity contribution in [2.45, 2.75) is 12.5 Å². The lowest BCUT2D eigenvalue weighted by molar-refractivity contribution is -0.139. The van der Waals surface area contributed by atoms with Crippen LogP contribution in [-0.2, 0) is 9.53 Å². The van der Waals surface area contributed by atoms with Gasteiger partial charge in [-0.25, -0.2) is 0 Å². The van der Waals surface area contributed by atoms with E-state index in [2.05, 4.69) is 4.98 Å². The zero-order valence-electron chi connectivity index (χ0n) is 12.3. The van der Waals surface area contributed by atoms with E-state index in [9.17, 15) is 14.4 Å². The van der Waals surface area contributed by atoms with Gasteiger partial charge in [-0.3, -0.25) is 14.4 Å². The van der Waals surface area contributed by atoms with Crippen molar-refractivity contribution in [1.82, 2.24) is 9.88 Å². The van der Waals surface area contributed by atoms with Crippen LogP contribution in [0.1, 0.15) is 16.9 Å². The van der Waals surface area contributed by atoms with Gasteiger partial charge in [-0.1, -0.05) is 12.1 Å². The van der Waals surface area contributed by atoms with Crippen LogP contribution in [0.4, 0.5) is 0 Å². The normalized spacial score (nSPS) is 18.1. The van der Waals surface area contributed by atoms with E-state index in [1.165, 1.54) is 11.0 Å². The lowest BCUT2D eigenvalue weighted by atomic mass is 10.1. The Morgan fingerprint density at radius 3 is 2.91 bits per heavy atom. The maximum absolute atomic E-state index is 12.7. The van der Waals surface area contributed by atoms with Crippen LogP contribution < -0.4 is 5.43 Å². The molecule has 3 rings (SSSR count). The van der Waals surface area contributed by atoms with Gasteiger partial charge in [-0.15, -0.1) is 0 Å². The topological polar surface area (TPSA) is 99.7 Å². The predicted octanol–water partition coefficient (Wildman–Crippen LogP) is 0.844. The molecule has 120 valence electrons. The van der Waals surface area contributed by atoms with Crippen LogP contribution in [-0.4, -0.2) is 52.7 Å². The number of aromatic amines is 1. The zero-order valence-corrected chi connectivity index (χ0v) is 12.3. The van der Waals surface area contributed by atoms with E-state index in [0.717, 1.165) is 0 Å². The van der Waals surface area contributed by atoms with Crippen molar-refractivity contribution in [1.29, 1.82) is 0 Å². The largest absolute Gasteiger partial charge is 0.481 e. The molecule has 1 aromatic carbocycles. The molecule has 0 radical (unpaired) electrons. The number of amides is 1. The molecule has 1 aromatic heterocycles. The molecule has 7 heteroatoms. The summed E-state index contributed by atoms with van der Waals surface area (Å²) in [6, 6.07) is 7.66. The first kappa shape index (κ1) is 15.2. The molecular weight excluding hydrogens is 300 g/mol. The number of benzene rings is 1. The highest BCUT2D eigenvalue weighted by Gasteiger charge is 2.30. The first-order valence-electron chi connectivity index (χ1n) is 7.29. The summed E-state index contributed by atoms with van der Waals surface area (Å²) in [5.74, 6) is -1.38. The summed E-state index contributed by atoms with van der Waals surface area (Å²) in [6.45, 7) is 0.821. The fourth-order valence-corrected chi connectivity index (χ4v) is 2.76. The number of rotatable bonds is 3. The second-order valence-electron chi connectivity index (χ2n) is 5.42. The number of carboxylic acid groups (broad SMARTS) is 1. The Morgan fingerprint density at radius 1 is 1.35 bits per heavy atom. The number of morpholine rings is 1. The Labute approximate surface area is 131 Å². The van der Waals surface area contributed by atoms with E-state index in [0.29, 0.717) is 24.1 Å². The number of H-pyrrole nitrogens is 1. The van der Waals surface area contributed by atoms with Gasteiger partial charge in [0.1, 0.15) is 5.69 Å². The van der Waals surface area contributed by atoms with Crippen molar-refractivity contribution in [2.75, 3.05) is 19.8 Å². The van der Waals surface area contributed by atoms with Crippen LogP contribution in [0.25, 0.3) is 10.9 Å². The van der Waals surface area contributed by atoms with Gasteiger partial charge in [0.2, 0.25) is 0 Å². The molecule has 0 saturated carbocycles. The van der Waals surface area contributed by atoms with Crippen molar-refractivity contribution in [3.8, 4) is 0 Å². The van der Waals surface area contributed by atoms with Crippen LogP contribution in [0.5, 0.6) is 0 Å². The molecular formula is C16H16N2O5. The number of pyridine rings is 1. The smallest absolute Gasteiger partial charge is 0.305 e. The predicted molar refractivity (Wildman–Crippen MR) is 82.5 cm³/mol. The van der Waals surface area contributed by atoms with Crippen LogP contribution in [0, 0.1) is 0 Å². The number of hydrogen-bond donors (Lipinski definition) is 2. The Balaban J connectivity index is 1.95. The van der Waals surface area contributed by atoms with E-state index in [1.54, 1.807) is 24.3 Å². The molecule has 2 aromatic rings. The van der Waals surface area contributed by atoms with Crippen LogP contribution in [0.15, 0.2) is 35.1 Å². The van der Waals surface area contributed by atoms with Gasteiger partial charge in [0, 0.05) is 23.5 Å². The number of nitrogens with zero attached hydrogens (tertiary/aromatic N) is 1. The summed E-state index contributed by atoms with van der Waals surface area (Å²) in [5.41, 5.74) is 0.489. The summed E-state index contributed by atoms with van der Waals surface area (Å²) in [7, 11) is 0. The number of aliphatic carboxylic acids is 1. The van der Waals surface area contributed by atoms with Crippen molar-refractivity contribution in [3.05, 3.63) is 46.2 Å². The quantitative estimate of drug-likeness (QED) is 0.874. The molecule has 2 N–H and O–H groups in total. The summed E-state index contributed by atoms with van der Waals surface area (Å²) in [4.78, 5) is 40.2. The zero-order chi connectivity index (χ0) is 16.4. The van der Waals surface area contributed by atoms with Crippen LogP contribution in [0.2, 0.25) is 0 Å².